The van der Waals surface area contributed by atoms with E-state index in [2.05, 4.69) is 89.6 Å². The predicted octanol–water partition coefficient (Wildman–Crippen LogP) is 8.61. The maximum absolute atomic E-state index is 8.53. The fraction of sp³-hybridized carbons (Fsp3) is 0.323. The van der Waals surface area contributed by atoms with Crippen LogP contribution in [0.5, 0.6) is 0 Å². The fourth-order valence-corrected chi connectivity index (χ4v) is 3.41. The van der Waals surface area contributed by atoms with Crippen LogP contribution in [0, 0.1) is 30.1 Å². The largest absolute Gasteiger partial charge is 0.307 e. The maximum Gasteiger partial charge on any atom is 0.104 e. The number of hydrogen-bond donors (Lipinski definition) is 1. The van der Waals surface area contributed by atoms with Crippen molar-refractivity contribution in [3.05, 3.63) is 101 Å². The van der Waals surface area contributed by atoms with E-state index in [9.17, 15) is 0 Å². The van der Waals surface area contributed by atoms with Gasteiger partial charge in [0.25, 0.3) is 0 Å². The van der Waals surface area contributed by atoms with Crippen LogP contribution in [0.25, 0.3) is 5.57 Å². The monoisotopic (exact) mass is 440 g/mol. The van der Waals surface area contributed by atoms with Gasteiger partial charge in [0.15, 0.2) is 0 Å². The van der Waals surface area contributed by atoms with Crippen LogP contribution in [0.4, 0.5) is 0 Å². The number of amidine groups is 1. The molecule has 0 spiro atoms. The molecule has 0 aliphatic rings. The lowest BCUT2D eigenvalue weighted by atomic mass is 9.89. The molecular formula is C31H40N2. The summed E-state index contributed by atoms with van der Waals surface area (Å²) in [7, 11) is 0. The Morgan fingerprint density at radius 1 is 1.03 bits per heavy atom. The van der Waals surface area contributed by atoms with Crippen LogP contribution in [0.1, 0.15) is 66.0 Å². The van der Waals surface area contributed by atoms with E-state index in [1.165, 1.54) is 5.56 Å². The zero-order valence-corrected chi connectivity index (χ0v) is 21.8. The van der Waals surface area contributed by atoms with Crippen LogP contribution >= 0.6 is 0 Å². The molecule has 0 aromatic heterocycles. The summed E-state index contributed by atoms with van der Waals surface area (Å²) in [5.74, 6) is 7.40. The topological polar surface area (TPSA) is 27.1 Å². The van der Waals surface area contributed by atoms with Gasteiger partial charge in [-0.1, -0.05) is 94.3 Å². The molecule has 0 bridgehead atoms. The zero-order chi connectivity index (χ0) is 25.3. The highest BCUT2D eigenvalue weighted by Crippen LogP contribution is 2.34. The number of rotatable bonds is 8. The van der Waals surface area contributed by atoms with E-state index in [0.29, 0.717) is 18.2 Å². The Kier molecular flexibility index (Phi) is 10.6. The van der Waals surface area contributed by atoms with E-state index in [0.717, 1.165) is 44.8 Å². The number of nitrogens with zero attached hydrogens (tertiary/aromatic N) is 1. The Morgan fingerprint density at radius 3 is 2.09 bits per heavy atom. The van der Waals surface area contributed by atoms with E-state index in [-0.39, 0.29) is 0 Å². The predicted molar refractivity (Wildman–Crippen MR) is 147 cm³/mol. The normalized spacial score (nSPS) is 12.5. The summed E-state index contributed by atoms with van der Waals surface area (Å²) in [6.45, 7) is 29.0. The van der Waals surface area contributed by atoms with E-state index < -0.39 is 0 Å². The molecule has 33 heavy (non-hydrogen) atoms. The number of allylic oxidation sites excluding steroid dienone is 9. The molecule has 0 fully saturated rings. The van der Waals surface area contributed by atoms with Crippen LogP contribution < -0.4 is 0 Å². The molecule has 0 saturated heterocycles. The van der Waals surface area contributed by atoms with Crippen LogP contribution in [-0.4, -0.2) is 10.7 Å². The maximum atomic E-state index is 8.53. The summed E-state index contributed by atoms with van der Waals surface area (Å²) in [6.07, 6.45) is 4.68. The molecule has 1 aromatic rings. The van der Waals surface area contributed by atoms with E-state index >= 15 is 0 Å². The molecule has 0 aliphatic carbocycles. The van der Waals surface area contributed by atoms with Gasteiger partial charge in [0, 0.05) is 34.5 Å². The molecule has 174 valence electrons. The molecule has 0 aliphatic heterocycles. The zero-order valence-electron chi connectivity index (χ0n) is 21.8. The highest BCUT2D eigenvalue weighted by molar-refractivity contribution is 5.87. The molecule has 0 heterocycles. The lowest BCUT2D eigenvalue weighted by Crippen LogP contribution is -2.27. The van der Waals surface area contributed by atoms with Crippen molar-refractivity contribution in [3.63, 3.8) is 0 Å². The quantitative estimate of drug-likeness (QED) is 0.186. The molecule has 0 radical (unpaired) electrons. The highest BCUT2D eigenvalue weighted by atomic mass is 15.2. The van der Waals surface area contributed by atoms with Gasteiger partial charge in [0.1, 0.15) is 5.84 Å². The Balaban J connectivity index is 3.70. The second-order valence-electron chi connectivity index (χ2n) is 8.80. The molecular weight excluding hydrogens is 400 g/mol. The van der Waals surface area contributed by atoms with Crippen molar-refractivity contribution in [1.82, 2.24) is 4.90 Å². The first-order valence-corrected chi connectivity index (χ1v) is 11.5. The van der Waals surface area contributed by atoms with Crippen LogP contribution in [-0.2, 0) is 0 Å². The van der Waals surface area contributed by atoms with Crippen LogP contribution in [0.15, 0.2) is 89.8 Å². The third-order valence-electron chi connectivity index (χ3n) is 5.42. The van der Waals surface area contributed by atoms with Crippen molar-refractivity contribution < 1.29 is 0 Å². The van der Waals surface area contributed by atoms with Gasteiger partial charge in [-0.3, -0.25) is 5.41 Å². The Morgan fingerprint density at radius 2 is 1.61 bits per heavy atom. The molecule has 1 N–H and O–H groups in total. The van der Waals surface area contributed by atoms with Gasteiger partial charge in [-0.25, -0.2) is 0 Å². The van der Waals surface area contributed by atoms with Gasteiger partial charge >= 0.3 is 0 Å². The average molecular weight is 441 g/mol. The van der Waals surface area contributed by atoms with Gasteiger partial charge in [-0.05, 0) is 57.2 Å². The van der Waals surface area contributed by atoms with Gasteiger partial charge in [-0.2, -0.15) is 0 Å². The molecule has 2 nitrogen and oxygen atoms in total. The summed E-state index contributed by atoms with van der Waals surface area (Å²) < 4.78 is 0. The Bertz CT molecular complexity index is 1070. The first kappa shape index (κ1) is 27.7. The molecule has 0 unspecified atom stereocenters. The van der Waals surface area contributed by atoms with Crippen LogP contribution in [0.2, 0.25) is 0 Å². The van der Waals surface area contributed by atoms with E-state index in [4.69, 9.17) is 5.41 Å². The molecule has 0 amide bonds. The summed E-state index contributed by atoms with van der Waals surface area (Å²) >= 11 is 0. The summed E-state index contributed by atoms with van der Waals surface area (Å²) in [5, 5.41) is 8.53. The fourth-order valence-electron chi connectivity index (χ4n) is 3.41. The van der Waals surface area contributed by atoms with Gasteiger partial charge in [0.2, 0.25) is 0 Å². The molecule has 1 aromatic carbocycles. The molecule has 2 heteroatoms. The average Bonchev–Trinajstić information content (AvgIpc) is 2.75. The smallest absolute Gasteiger partial charge is 0.104 e. The summed E-state index contributed by atoms with van der Waals surface area (Å²) in [4.78, 5) is 1.91. The first-order chi connectivity index (χ1) is 15.4. The minimum absolute atomic E-state index is 0.457. The number of aryl methyl sites for hydroxylation is 1. The Labute approximate surface area is 202 Å². The number of hydrogen-bond acceptors (Lipinski definition) is 1. The second-order valence-corrected chi connectivity index (χ2v) is 8.80. The van der Waals surface area contributed by atoms with Gasteiger partial charge < -0.3 is 4.90 Å². The summed E-state index contributed by atoms with van der Waals surface area (Å²) in [5.41, 5.74) is 8.62. The van der Waals surface area contributed by atoms with Crippen molar-refractivity contribution >= 4 is 11.4 Å². The van der Waals surface area contributed by atoms with E-state index in [1.54, 1.807) is 0 Å². The molecule has 0 saturated carbocycles. The Hall–Kier alpha value is -3.31. The van der Waals surface area contributed by atoms with Gasteiger partial charge in [-0.15, -0.1) is 0 Å². The lowest BCUT2D eigenvalue weighted by Gasteiger charge is -2.29. The SMILES string of the molecule is C=C(C#C/C(C)=C(C)/C(C(=C)c1ccc(C)cc1)=C(\C)N(C(=C)C)C(=N)CC)/C=C\C(C)C. The summed E-state index contributed by atoms with van der Waals surface area (Å²) in [6, 6.07) is 8.37. The van der Waals surface area contributed by atoms with Crippen molar-refractivity contribution in [2.24, 2.45) is 5.92 Å². The third kappa shape index (κ3) is 7.95. The number of benzene rings is 1. The van der Waals surface area contributed by atoms with Crippen LogP contribution in [0.3, 0.4) is 0 Å². The minimum atomic E-state index is 0.457. The van der Waals surface area contributed by atoms with Crippen molar-refractivity contribution in [2.75, 3.05) is 0 Å². The first-order valence-electron chi connectivity index (χ1n) is 11.5. The highest BCUT2D eigenvalue weighted by Gasteiger charge is 2.20. The van der Waals surface area contributed by atoms with Crippen molar-refractivity contribution in [2.45, 2.75) is 61.8 Å². The third-order valence-corrected chi connectivity index (χ3v) is 5.42. The number of nitrogens with one attached hydrogen (secondary N) is 1. The van der Waals surface area contributed by atoms with Crippen molar-refractivity contribution in [3.8, 4) is 11.8 Å². The van der Waals surface area contributed by atoms with Gasteiger partial charge in [0.05, 0.1) is 0 Å². The lowest BCUT2D eigenvalue weighted by molar-refractivity contribution is 0.610. The van der Waals surface area contributed by atoms with E-state index in [1.807, 2.05) is 38.7 Å². The minimum Gasteiger partial charge on any atom is -0.307 e. The second kappa shape index (κ2) is 12.7. The molecule has 1 rings (SSSR count). The molecule has 0 atom stereocenters. The standard InChI is InChI=1S/C31H40N2/c1-12-30(32)33(22(4)5)28(11)31(27(10)29-19-16-24(7)17-20-29)26(9)25(8)18-15-23(6)14-13-21(2)3/h13-14,16-17,19-21,32H,4,6,10,12H2,1-3,5,7-9,11H3/b14-13-,26-25+,31-28-,32-30?. The van der Waals surface area contributed by atoms with Crippen molar-refractivity contribution in [1.29, 1.82) is 5.41 Å².